The zero-order valence-electron chi connectivity index (χ0n) is 11.7. The van der Waals surface area contributed by atoms with Gasteiger partial charge in [0.1, 0.15) is 11.6 Å². The van der Waals surface area contributed by atoms with Gasteiger partial charge in [0.2, 0.25) is 5.91 Å². The Morgan fingerprint density at radius 3 is 1.89 bits per heavy atom. The van der Waals surface area contributed by atoms with Crippen molar-refractivity contribution < 1.29 is 4.79 Å². The summed E-state index contributed by atoms with van der Waals surface area (Å²) in [6, 6.07) is 0. The number of hydrazine groups is 1. The first-order chi connectivity index (χ1) is 8.24. The van der Waals surface area contributed by atoms with Gasteiger partial charge in [-0.25, -0.2) is 4.98 Å². The van der Waals surface area contributed by atoms with Crippen LogP contribution in [-0.2, 0) is 11.8 Å². The maximum absolute atomic E-state index is 10.1. The molecule has 0 aliphatic heterocycles. The summed E-state index contributed by atoms with van der Waals surface area (Å²) in [6.07, 6.45) is 0. The molecule has 1 aromatic heterocycles. The number of amides is 1. The number of carbonyl (C=O) groups is 1. The van der Waals surface area contributed by atoms with Gasteiger partial charge in [-0.2, -0.15) is 5.10 Å². The number of hydrogen-bond acceptors (Lipinski definition) is 6. The van der Waals surface area contributed by atoms with Gasteiger partial charge < -0.3 is 5.32 Å². The number of rotatable bonds is 0. The lowest BCUT2D eigenvalue weighted by molar-refractivity contribution is -0.117. The van der Waals surface area contributed by atoms with Crippen LogP contribution in [0, 0.1) is 13.8 Å². The first-order valence-corrected chi connectivity index (χ1v) is 5.65. The van der Waals surface area contributed by atoms with Crippen molar-refractivity contribution in [1.29, 1.82) is 0 Å². The molecule has 1 amide bonds. The summed E-state index contributed by atoms with van der Waals surface area (Å²) in [4.78, 5) is 14.6. The van der Waals surface area contributed by atoms with E-state index in [1.54, 1.807) is 18.7 Å². The van der Waals surface area contributed by atoms with E-state index in [4.69, 9.17) is 0 Å². The van der Waals surface area contributed by atoms with Crippen LogP contribution in [0.25, 0.3) is 0 Å². The fourth-order valence-corrected chi connectivity index (χ4v) is 1.01. The molecule has 0 bridgehead atoms. The molecule has 0 radical (unpaired) electrons. The molecule has 7 nitrogen and oxygen atoms in total. The summed E-state index contributed by atoms with van der Waals surface area (Å²) < 4.78 is 1.76. The molecule has 1 rings (SSSR count). The maximum Gasteiger partial charge on any atom is 0.221 e. The van der Waals surface area contributed by atoms with E-state index in [0.29, 0.717) is 4.99 Å². The van der Waals surface area contributed by atoms with Crippen molar-refractivity contribution >= 4 is 23.1 Å². The molecule has 4 N–H and O–H groups in total. The Morgan fingerprint density at radius 2 is 1.83 bits per heavy atom. The van der Waals surface area contributed by atoms with Crippen LogP contribution in [0.2, 0.25) is 0 Å². The normalized spacial score (nSPS) is 8.39. The van der Waals surface area contributed by atoms with Crippen molar-refractivity contribution in [2.24, 2.45) is 12.9 Å². The minimum absolute atomic E-state index is 0.104. The molecule has 0 saturated heterocycles. The van der Waals surface area contributed by atoms with Crippen LogP contribution in [-0.4, -0.2) is 32.7 Å². The Morgan fingerprint density at radius 1 is 1.39 bits per heavy atom. The van der Waals surface area contributed by atoms with Gasteiger partial charge in [-0.3, -0.25) is 20.7 Å². The topological polar surface area (TPSA) is 97.9 Å². The van der Waals surface area contributed by atoms with Gasteiger partial charge in [0, 0.05) is 14.0 Å². The van der Waals surface area contributed by atoms with Crippen LogP contribution in [0.5, 0.6) is 0 Å². The fraction of sp³-hybridized carbons (Fsp3) is 0.600. The van der Waals surface area contributed by atoms with E-state index in [1.807, 2.05) is 20.9 Å². The predicted molar refractivity (Wildman–Crippen MR) is 75.8 cm³/mol. The number of aryl methyl sites for hydroxylation is 3. The number of nitrogens with zero attached hydrogens (tertiary/aromatic N) is 3. The number of nitrogens with one attached hydrogen (secondary N) is 2. The van der Waals surface area contributed by atoms with E-state index in [-0.39, 0.29) is 5.91 Å². The quantitative estimate of drug-likeness (QED) is 0.349. The van der Waals surface area contributed by atoms with Crippen molar-refractivity contribution in [3.05, 3.63) is 11.6 Å². The van der Waals surface area contributed by atoms with Gasteiger partial charge in [0.05, 0.1) is 4.99 Å². The van der Waals surface area contributed by atoms with Gasteiger partial charge >= 0.3 is 0 Å². The van der Waals surface area contributed by atoms with E-state index >= 15 is 0 Å². The molecule has 18 heavy (non-hydrogen) atoms. The zero-order chi connectivity index (χ0) is 14.7. The highest BCUT2D eigenvalue weighted by Crippen LogP contribution is 1.89. The molecule has 0 unspecified atom stereocenters. The van der Waals surface area contributed by atoms with Crippen LogP contribution in [0.15, 0.2) is 0 Å². The number of nitrogens with two attached hydrogens (primary N) is 1. The average molecular weight is 274 g/mol. The van der Waals surface area contributed by atoms with Crippen LogP contribution in [0.1, 0.15) is 25.5 Å². The second-order valence-corrected chi connectivity index (χ2v) is 3.97. The summed E-state index contributed by atoms with van der Waals surface area (Å²) in [5, 5.41) is 6.41. The number of carbonyl (C=O) groups excluding carboxylic acids is 1. The molecule has 0 saturated carbocycles. The van der Waals surface area contributed by atoms with E-state index in [2.05, 4.69) is 38.9 Å². The van der Waals surface area contributed by atoms with Crippen molar-refractivity contribution in [3.8, 4) is 0 Å². The molecular formula is C10H22N6OS. The van der Waals surface area contributed by atoms with E-state index in [1.165, 1.54) is 6.92 Å². The van der Waals surface area contributed by atoms with Crippen molar-refractivity contribution in [2.45, 2.75) is 27.7 Å². The number of aromatic nitrogens is 3. The smallest absolute Gasteiger partial charge is 0.221 e. The Labute approximate surface area is 113 Å². The minimum atomic E-state index is -0.104. The van der Waals surface area contributed by atoms with Gasteiger partial charge in [0.25, 0.3) is 0 Å². The van der Waals surface area contributed by atoms with Crippen LogP contribution >= 0.6 is 12.2 Å². The molecule has 104 valence electrons. The predicted octanol–water partition coefficient (Wildman–Crippen LogP) is -0.0188. The molecule has 0 atom stereocenters. The lowest BCUT2D eigenvalue weighted by Crippen LogP contribution is -2.23. The summed E-state index contributed by atoms with van der Waals surface area (Å²) in [5.41, 5.74) is 2.25. The van der Waals surface area contributed by atoms with E-state index in [0.717, 1.165) is 11.6 Å². The number of hydrogen-bond donors (Lipinski definition) is 3. The number of thiocarbonyl (C=S) groups is 1. The Bertz CT molecular complexity index is 345. The van der Waals surface area contributed by atoms with E-state index < -0.39 is 0 Å². The summed E-state index contributed by atoms with van der Waals surface area (Å²) in [6.45, 7) is 6.90. The monoisotopic (exact) mass is 274 g/mol. The highest BCUT2D eigenvalue weighted by atomic mass is 32.1. The highest BCUT2D eigenvalue weighted by Gasteiger charge is 1.93. The SMILES string of the molecule is CC(=O)NC(C)=S.CNN.Cc1nc(C)n(C)n1. The summed E-state index contributed by atoms with van der Waals surface area (Å²) in [5.74, 6) is 6.29. The molecule has 0 aliphatic rings. The molecule has 0 aliphatic carbocycles. The first-order valence-electron chi connectivity index (χ1n) is 5.24. The lowest BCUT2D eigenvalue weighted by atomic mass is 10.6. The largest absolute Gasteiger partial charge is 0.321 e. The Balaban J connectivity index is 0. The Hall–Kier alpha value is -1.38. The van der Waals surface area contributed by atoms with E-state index in [9.17, 15) is 4.79 Å². The molecule has 1 aromatic rings. The molecule has 8 heteroatoms. The third-order valence-electron chi connectivity index (χ3n) is 1.44. The molecule has 1 heterocycles. The first kappa shape index (κ1) is 19.0. The minimum Gasteiger partial charge on any atom is -0.321 e. The molecular weight excluding hydrogens is 252 g/mol. The fourth-order valence-electron chi connectivity index (χ4n) is 0.866. The third-order valence-corrected chi connectivity index (χ3v) is 1.54. The van der Waals surface area contributed by atoms with Crippen LogP contribution in [0.4, 0.5) is 0 Å². The van der Waals surface area contributed by atoms with Crippen molar-refractivity contribution in [2.75, 3.05) is 7.05 Å². The van der Waals surface area contributed by atoms with Crippen LogP contribution in [0.3, 0.4) is 0 Å². The third kappa shape index (κ3) is 12.7. The van der Waals surface area contributed by atoms with Gasteiger partial charge in [0.15, 0.2) is 0 Å². The van der Waals surface area contributed by atoms with Crippen molar-refractivity contribution in [3.63, 3.8) is 0 Å². The van der Waals surface area contributed by atoms with Crippen molar-refractivity contribution in [1.82, 2.24) is 25.5 Å². The highest BCUT2D eigenvalue weighted by molar-refractivity contribution is 7.80. The molecule has 0 fully saturated rings. The molecule has 0 spiro atoms. The Kier molecular flexibility index (Phi) is 11.3. The maximum atomic E-state index is 10.1. The standard InChI is InChI=1S/C5H9N3.C4H7NOS.CH6N2/c1-4-6-5(2)8(3)7-4;1-3(6)5-4(2)7;1-3-2/h1-3H3;1-2H3,(H,5,6,7);3H,2H2,1H3. The van der Waals surface area contributed by atoms with Crippen LogP contribution < -0.4 is 16.6 Å². The second-order valence-electron chi connectivity index (χ2n) is 3.36. The summed E-state index contributed by atoms with van der Waals surface area (Å²) in [7, 11) is 3.54. The lowest BCUT2D eigenvalue weighted by Gasteiger charge is -1.91. The second kappa shape index (κ2) is 10.8. The van der Waals surface area contributed by atoms with Gasteiger partial charge in [-0.1, -0.05) is 12.2 Å². The van der Waals surface area contributed by atoms with Gasteiger partial charge in [-0.15, -0.1) is 0 Å². The van der Waals surface area contributed by atoms with Gasteiger partial charge in [-0.05, 0) is 27.8 Å². The summed E-state index contributed by atoms with van der Waals surface area (Å²) >= 11 is 4.54. The molecule has 0 aromatic carbocycles. The zero-order valence-corrected chi connectivity index (χ0v) is 12.6. The average Bonchev–Trinajstić information content (AvgIpc) is 2.43.